The molecule has 0 fully saturated rings. The third-order valence-electron chi connectivity index (χ3n) is 3.61. The van der Waals surface area contributed by atoms with Crippen molar-refractivity contribution in [3.63, 3.8) is 0 Å². The highest BCUT2D eigenvalue weighted by atomic mass is 79.9. The normalized spacial score (nSPS) is 10.3. The highest BCUT2D eigenvalue weighted by Crippen LogP contribution is 2.36. The van der Waals surface area contributed by atoms with Crippen LogP contribution in [0, 0.1) is 13.8 Å². The van der Waals surface area contributed by atoms with Crippen molar-refractivity contribution >= 4 is 22.2 Å². The van der Waals surface area contributed by atoms with E-state index in [-0.39, 0.29) is 0 Å². The summed E-state index contributed by atoms with van der Waals surface area (Å²) in [5.74, 6) is 1.98. The zero-order valence-corrected chi connectivity index (χ0v) is 15.7. The molecule has 0 N–H and O–H groups in total. The van der Waals surface area contributed by atoms with Crippen LogP contribution in [0.25, 0.3) is 0 Å². The maximum Gasteiger partial charge on any atom is 0.175 e. The van der Waals surface area contributed by atoms with E-state index < -0.39 is 0 Å². The van der Waals surface area contributed by atoms with Gasteiger partial charge in [-0.3, -0.25) is 4.79 Å². The van der Waals surface area contributed by atoms with Gasteiger partial charge in [0.2, 0.25) is 0 Å². The van der Waals surface area contributed by atoms with E-state index in [9.17, 15) is 4.79 Å². The van der Waals surface area contributed by atoms with E-state index in [0.717, 1.165) is 17.6 Å². The monoisotopic (exact) mass is 392 g/mol. The fourth-order valence-corrected chi connectivity index (χ4v) is 2.81. The first kappa shape index (κ1) is 18.3. The molecule has 4 nitrogen and oxygen atoms in total. The molecule has 128 valence electrons. The van der Waals surface area contributed by atoms with E-state index >= 15 is 0 Å². The van der Waals surface area contributed by atoms with Crippen LogP contribution in [0.3, 0.4) is 0 Å². The molecule has 0 atom stereocenters. The van der Waals surface area contributed by atoms with Gasteiger partial charge in [0.25, 0.3) is 0 Å². The molecule has 24 heavy (non-hydrogen) atoms. The summed E-state index contributed by atoms with van der Waals surface area (Å²) in [4.78, 5) is 11.0. The van der Waals surface area contributed by atoms with Gasteiger partial charge in [0.15, 0.2) is 11.5 Å². The van der Waals surface area contributed by atoms with Gasteiger partial charge in [0.1, 0.15) is 25.2 Å². The van der Waals surface area contributed by atoms with Crippen LogP contribution in [-0.2, 0) is 0 Å². The Bertz CT molecular complexity index is 713. The topological polar surface area (TPSA) is 44.8 Å². The maximum absolute atomic E-state index is 11.0. The standard InChI is InChI=1S/C19H21BrO4/c1-4-22-18-11-15(12-21)10-16(20)19(18)24-9-8-23-17-7-5-6-13(2)14(17)3/h5-7,10-12H,4,8-9H2,1-3H3. The number of carbonyl (C=O) groups excluding carboxylic acids is 1. The van der Waals surface area contributed by atoms with Crippen LogP contribution in [0.4, 0.5) is 0 Å². The first-order chi connectivity index (χ1) is 11.6. The van der Waals surface area contributed by atoms with E-state index in [1.165, 1.54) is 5.56 Å². The van der Waals surface area contributed by atoms with Gasteiger partial charge in [0.05, 0.1) is 11.1 Å². The fraction of sp³-hybridized carbons (Fsp3) is 0.316. The van der Waals surface area contributed by atoms with Gasteiger partial charge in [-0.25, -0.2) is 0 Å². The molecule has 0 spiro atoms. The van der Waals surface area contributed by atoms with Crippen molar-refractivity contribution in [1.82, 2.24) is 0 Å². The average molecular weight is 393 g/mol. The van der Waals surface area contributed by atoms with Crippen molar-refractivity contribution in [3.8, 4) is 17.2 Å². The van der Waals surface area contributed by atoms with Crippen LogP contribution in [0.2, 0.25) is 0 Å². The second-order valence-corrected chi connectivity index (χ2v) is 6.13. The molecule has 5 heteroatoms. The smallest absolute Gasteiger partial charge is 0.175 e. The SMILES string of the molecule is CCOc1cc(C=O)cc(Br)c1OCCOc1cccc(C)c1C. The van der Waals surface area contributed by atoms with Crippen molar-refractivity contribution in [2.45, 2.75) is 20.8 Å². The summed E-state index contributed by atoms with van der Waals surface area (Å²) in [6.07, 6.45) is 0.778. The lowest BCUT2D eigenvalue weighted by Crippen LogP contribution is -2.11. The summed E-state index contributed by atoms with van der Waals surface area (Å²) in [7, 11) is 0. The molecule has 0 amide bonds. The van der Waals surface area contributed by atoms with Crippen molar-refractivity contribution in [2.24, 2.45) is 0 Å². The van der Waals surface area contributed by atoms with E-state index in [2.05, 4.69) is 28.9 Å². The third-order valence-corrected chi connectivity index (χ3v) is 4.20. The number of aldehydes is 1. The number of rotatable bonds is 8. The van der Waals surface area contributed by atoms with Gasteiger partial charge < -0.3 is 14.2 Å². The molecule has 0 bridgehead atoms. The van der Waals surface area contributed by atoms with Gasteiger partial charge in [0, 0.05) is 5.56 Å². The minimum absolute atomic E-state index is 0.368. The number of hydrogen-bond donors (Lipinski definition) is 0. The Hall–Kier alpha value is -2.01. The second-order valence-electron chi connectivity index (χ2n) is 5.28. The number of ether oxygens (including phenoxy) is 3. The summed E-state index contributed by atoms with van der Waals surface area (Å²) in [5.41, 5.74) is 2.85. The predicted molar refractivity (Wildman–Crippen MR) is 97.6 cm³/mol. The molecule has 0 aliphatic carbocycles. The lowest BCUT2D eigenvalue weighted by molar-refractivity contribution is 0.112. The molecule has 2 aromatic rings. The quantitative estimate of drug-likeness (QED) is 0.480. The lowest BCUT2D eigenvalue weighted by Gasteiger charge is -2.15. The first-order valence-electron chi connectivity index (χ1n) is 7.80. The highest BCUT2D eigenvalue weighted by molar-refractivity contribution is 9.10. The molecular formula is C19H21BrO4. The van der Waals surface area contributed by atoms with Crippen LogP contribution in [0.15, 0.2) is 34.8 Å². The van der Waals surface area contributed by atoms with Gasteiger partial charge in [-0.15, -0.1) is 0 Å². The van der Waals surface area contributed by atoms with Gasteiger partial charge in [-0.1, -0.05) is 12.1 Å². The Morgan fingerprint density at radius 1 is 1.04 bits per heavy atom. The summed E-state index contributed by atoms with van der Waals surface area (Å²) in [6.45, 7) is 7.25. The van der Waals surface area contributed by atoms with Crippen molar-refractivity contribution < 1.29 is 19.0 Å². The molecule has 2 rings (SSSR count). The summed E-state index contributed by atoms with van der Waals surface area (Å²) in [5, 5.41) is 0. The number of halogens is 1. The van der Waals surface area contributed by atoms with Crippen LogP contribution in [0.5, 0.6) is 17.2 Å². The molecule has 0 aromatic heterocycles. The number of benzene rings is 2. The van der Waals surface area contributed by atoms with E-state index in [4.69, 9.17) is 14.2 Å². The van der Waals surface area contributed by atoms with Crippen LogP contribution in [-0.4, -0.2) is 26.1 Å². The van der Waals surface area contributed by atoms with Crippen LogP contribution in [0.1, 0.15) is 28.4 Å². The van der Waals surface area contributed by atoms with Gasteiger partial charge >= 0.3 is 0 Å². The number of aryl methyl sites for hydroxylation is 1. The number of carbonyl (C=O) groups is 1. The Morgan fingerprint density at radius 2 is 1.79 bits per heavy atom. The van der Waals surface area contributed by atoms with Crippen molar-refractivity contribution in [1.29, 1.82) is 0 Å². The molecular weight excluding hydrogens is 372 g/mol. The predicted octanol–water partition coefficient (Wildman–Crippen LogP) is 4.73. The second kappa shape index (κ2) is 8.73. The van der Waals surface area contributed by atoms with Crippen LogP contribution >= 0.6 is 15.9 Å². The zero-order valence-electron chi connectivity index (χ0n) is 14.1. The van der Waals surface area contributed by atoms with Crippen LogP contribution < -0.4 is 14.2 Å². The summed E-state index contributed by atoms with van der Waals surface area (Å²) in [6, 6.07) is 9.35. The fourth-order valence-electron chi connectivity index (χ4n) is 2.23. The van der Waals surface area contributed by atoms with E-state index in [1.807, 2.05) is 26.0 Å². The van der Waals surface area contributed by atoms with E-state index in [0.29, 0.717) is 41.4 Å². The molecule has 0 aliphatic heterocycles. The Kier molecular flexibility index (Phi) is 6.67. The largest absolute Gasteiger partial charge is 0.490 e. The maximum atomic E-state index is 11.0. The molecule has 0 aliphatic rings. The number of hydrogen-bond acceptors (Lipinski definition) is 4. The molecule has 0 saturated heterocycles. The average Bonchev–Trinajstić information content (AvgIpc) is 2.57. The molecule has 2 aromatic carbocycles. The molecule has 0 heterocycles. The molecule has 0 unspecified atom stereocenters. The van der Waals surface area contributed by atoms with Gasteiger partial charge in [-0.2, -0.15) is 0 Å². The van der Waals surface area contributed by atoms with Gasteiger partial charge in [-0.05, 0) is 66.0 Å². The third kappa shape index (κ3) is 4.51. The van der Waals surface area contributed by atoms with Crippen molar-refractivity contribution in [3.05, 3.63) is 51.5 Å². The summed E-state index contributed by atoms with van der Waals surface area (Å²) < 4.78 is 17.8. The Labute approximate surface area is 150 Å². The minimum atomic E-state index is 0.368. The highest BCUT2D eigenvalue weighted by Gasteiger charge is 2.12. The lowest BCUT2D eigenvalue weighted by atomic mass is 10.1. The Balaban J connectivity index is 2.01. The molecule has 0 saturated carbocycles. The zero-order chi connectivity index (χ0) is 17.5. The van der Waals surface area contributed by atoms with Crippen molar-refractivity contribution in [2.75, 3.05) is 19.8 Å². The minimum Gasteiger partial charge on any atom is -0.490 e. The first-order valence-corrected chi connectivity index (χ1v) is 8.59. The Morgan fingerprint density at radius 3 is 2.50 bits per heavy atom. The summed E-state index contributed by atoms with van der Waals surface area (Å²) >= 11 is 3.42. The molecule has 0 radical (unpaired) electrons. The van der Waals surface area contributed by atoms with E-state index in [1.54, 1.807) is 12.1 Å².